The first-order valence-corrected chi connectivity index (χ1v) is 5.87. The summed E-state index contributed by atoms with van der Waals surface area (Å²) in [4.78, 5) is 2.51. The number of nitrogens with two attached hydrogens (primary N) is 1. The lowest BCUT2D eigenvalue weighted by Gasteiger charge is -2.36. The second kappa shape index (κ2) is 6.38. The number of piperidine rings is 1. The fraction of sp³-hybridized carbons (Fsp3) is 1.00. The van der Waals surface area contributed by atoms with Crippen molar-refractivity contribution in [3.63, 3.8) is 0 Å². The topological polar surface area (TPSA) is 38.5 Å². The second-order valence-corrected chi connectivity index (χ2v) is 3.99. The molecule has 0 amide bonds. The highest BCUT2D eigenvalue weighted by atomic mass is 16.5. The molecule has 3 nitrogen and oxygen atoms in total. The standard InChI is InChI=1S/C11H24N2O/c1-3-10(9-12)13-7-5-11(6-8-13)14-4-2/h10-11H,3-9,12H2,1-2H3. The summed E-state index contributed by atoms with van der Waals surface area (Å²) < 4.78 is 5.62. The van der Waals surface area contributed by atoms with Gasteiger partial charge in [0.05, 0.1) is 6.10 Å². The van der Waals surface area contributed by atoms with Crippen LogP contribution in [0.15, 0.2) is 0 Å². The average molecular weight is 200 g/mol. The molecule has 2 N–H and O–H groups in total. The summed E-state index contributed by atoms with van der Waals surface area (Å²) in [6.45, 7) is 8.22. The van der Waals surface area contributed by atoms with Gasteiger partial charge in [-0.2, -0.15) is 0 Å². The summed E-state index contributed by atoms with van der Waals surface area (Å²) in [5, 5.41) is 0. The third-order valence-corrected chi connectivity index (χ3v) is 3.14. The Hall–Kier alpha value is -0.120. The molecular formula is C11H24N2O. The first kappa shape index (κ1) is 12.0. The molecule has 0 saturated carbocycles. The van der Waals surface area contributed by atoms with Crippen LogP contribution in [0.2, 0.25) is 0 Å². The van der Waals surface area contributed by atoms with Crippen LogP contribution in [-0.4, -0.2) is 43.3 Å². The summed E-state index contributed by atoms with van der Waals surface area (Å²) >= 11 is 0. The fourth-order valence-electron chi connectivity index (χ4n) is 2.22. The molecule has 14 heavy (non-hydrogen) atoms. The van der Waals surface area contributed by atoms with E-state index in [9.17, 15) is 0 Å². The Bertz CT molecular complexity index is 140. The van der Waals surface area contributed by atoms with Crippen molar-refractivity contribution >= 4 is 0 Å². The number of likely N-dealkylation sites (tertiary alicyclic amines) is 1. The maximum atomic E-state index is 5.73. The van der Waals surface area contributed by atoms with E-state index in [2.05, 4.69) is 18.7 Å². The quantitative estimate of drug-likeness (QED) is 0.725. The van der Waals surface area contributed by atoms with Gasteiger partial charge in [-0.15, -0.1) is 0 Å². The Morgan fingerprint density at radius 3 is 2.43 bits per heavy atom. The minimum absolute atomic E-state index is 0.492. The molecule has 1 atom stereocenters. The Balaban J connectivity index is 2.27. The minimum atomic E-state index is 0.492. The molecule has 0 spiro atoms. The van der Waals surface area contributed by atoms with E-state index in [0.717, 1.165) is 32.7 Å². The zero-order chi connectivity index (χ0) is 10.4. The zero-order valence-corrected chi connectivity index (χ0v) is 9.54. The minimum Gasteiger partial charge on any atom is -0.378 e. The van der Waals surface area contributed by atoms with Crippen LogP contribution in [0.5, 0.6) is 0 Å². The predicted octanol–water partition coefficient (Wildman–Crippen LogP) is 1.22. The molecule has 1 unspecified atom stereocenters. The van der Waals surface area contributed by atoms with Crippen molar-refractivity contribution < 1.29 is 4.74 Å². The van der Waals surface area contributed by atoms with E-state index in [4.69, 9.17) is 10.5 Å². The van der Waals surface area contributed by atoms with Crippen molar-refractivity contribution in [3.05, 3.63) is 0 Å². The Labute approximate surface area is 87.6 Å². The van der Waals surface area contributed by atoms with Crippen molar-refractivity contribution in [2.45, 2.75) is 45.3 Å². The van der Waals surface area contributed by atoms with Crippen LogP contribution in [0.4, 0.5) is 0 Å². The molecule has 0 aromatic rings. The van der Waals surface area contributed by atoms with Crippen LogP contribution in [0.3, 0.4) is 0 Å². The highest BCUT2D eigenvalue weighted by Crippen LogP contribution is 2.16. The first-order valence-electron chi connectivity index (χ1n) is 5.87. The largest absolute Gasteiger partial charge is 0.378 e. The molecule has 0 radical (unpaired) electrons. The van der Waals surface area contributed by atoms with E-state index in [1.807, 2.05) is 0 Å². The molecule has 1 saturated heterocycles. The lowest BCUT2D eigenvalue weighted by molar-refractivity contribution is 0.00446. The first-order chi connectivity index (χ1) is 6.81. The predicted molar refractivity (Wildman–Crippen MR) is 59.4 cm³/mol. The molecule has 1 rings (SSSR count). The molecule has 1 heterocycles. The van der Waals surface area contributed by atoms with E-state index >= 15 is 0 Å². The highest BCUT2D eigenvalue weighted by Gasteiger charge is 2.23. The number of hydrogen-bond acceptors (Lipinski definition) is 3. The summed E-state index contributed by atoms with van der Waals surface area (Å²) in [6, 6.07) is 0.581. The van der Waals surface area contributed by atoms with Gasteiger partial charge in [-0.1, -0.05) is 6.92 Å². The average Bonchev–Trinajstić information content (AvgIpc) is 2.23. The molecule has 1 fully saturated rings. The molecule has 0 aromatic heterocycles. The molecule has 1 aliphatic heterocycles. The summed E-state index contributed by atoms with van der Waals surface area (Å²) in [5.41, 5.74) is 5.73. The van der Waals surface area contributed by atoms with Gasteiger partial charge in [0.25, 0.3) is 0 Å². The molecule has 1 aliphatic rings. The molecule has 0 bridgehead atoms. The third-order valence-electron chi connectivity index (χ3n) is 3.14. The van der Waals surface area contributed by atoms with E-state index in [-0.39, 0.29) is 0 Å². The van der Waals surface area contributed by atoms with Crippen molar-refractivity contribution in [1.29, 1.82) is 0 Å². The van der Waals surface area contributed by atoms with Gasteiger partial charge in [0.15, 0.2) is 0 Å². The molecular weight excluding hydrogens is 176 g/mol. The number of hydrogen-bond donors (Lipinski definition) is 1. The summed E-state index contributed by atoms with van der Waals surface area (Å²) in [5.74, 6) is 0. The Morgan fingerprint density at radius 1 is 1.36 bits per heavy atom. The summed E-state index contributed by atoms with van der Waals surface area (Å²) in [7, 11) is 0. The monoisotopic (exact) mass is 200 g/mol. The normalized spacial score (nSPS) is 22.5. The number of ether oxygens (including phenoxy) is 1. The SMILES string of the molecule is CCOC1CCN(C(CC)CN)CC1. The van der Waals surface area contributed by atoms with Crippen molar-refractivity contribution in [2.75, 3.05) is 26.2 Å². The molecule has 0 aliphatic carbocycles. The Morgan fingerprint density at radius 2 is 2.00 bits per heavy atom. The molecule has 84 valence electrons. The number of nitrogens with zero attached hydrogens (tertiary/aromatic N) is 1. The van der Waals surface area contributed by atoms with Gasteiger partial charge in [0.1, 0.15) is 0 Å². The van der Waals surface area contributed by atoms with Crippen molar-refractivity contribution in [1.82, 2.24) is 4.90 Å². The van der Waals surface area contributed by atoms with Crippen molar-refractivity contribution in [3.8, 4) is 0 Å². The van der Waals surface area contributed by atoms with Gasteiger partial charge in [0.2, 0.25) is 0 Å². The third kappa shape index (κ3) is 3.23. The highest BCUT2D eigenvalue weighted by molar-refractivity contribution is 4.78. The van der Waals surface area contributed by atoms with Crippen molar-refractivity contribution in [2.24, 2.45) is 5.73 Å². The van der Waals surface area contributed by atoms with E-state index in [0.29, 0.717) is 12.1 Å². The zero-order valence-electron chi connectivity index (χ0n) is 9.54. The van der Waals surface area contributed by atoms with Gasteiger partial charge in [-0.3, -0.25) is 4.90 Å². The van der Waals surface area contributed by atoms with Gasteiger partial charge >= 0.3 is 0 Å². The van der Waals surface area contributed by atoms with Gasteiger partial charge < -0.3 is 10.5 Å². The molecule has 3 heteroatoms. The van der Waals surface area contributed by atoms with E-state index < -0.39 is 0 Å². The smallest absolute Gasteiger partial charge is 0.0599 e. The second-order valence-electron chi connectivity index (χ2n) is 3.99. The van der Waals surface area contributed by atoms with Crippen LogP contribution < -0.4 is 5.73 Å². The van der Waals surface area contributed by atoms with E-state index in [1.165, 1.54) is 12.8 Å². The van der Waals surface area contributed by atoms with Gasteiger partial charge in [-0.05, 0) is 26.2 Å². The summed E-state index contributed by atoms with van der Waals surface area (Å²) in [6.07, 6.45) is 4.00. The lowest BCUT2D eigenvalue weighted by atomic mass is 10.0. The lowest BCUT2D eigenvalue weighted by Crippen LogP contribution is -2.46. The Kier molecular flexibility index (Phi) is 5.45. The van der Waals surface area contributed by atoms with Crippen LogP contribution in [0, 0.1) is 0 Å². The fourth-order valence-corrected chi connectivity index (χ4v) is 2.22. The number of rotatable bonds is 5. The van der Waals surface area contributed by atoms with Crippen LogP contribution in [0.1, 0.15) is 33.1 Å². The van der Waals surface area contributed by atoms with Crippen LogP contribution >= 0.6 is 0 Å². The van der Waals surface area contributed by atoms with Gasteiger partial charge in [-0.25, -0.2) is 0 Å². The molecule has 0 aromatic carbocycles. The van der Waals surface area contributed by atoms with Gasteiger partial charge in [0, 0.05) is 32.3 Å². The maximum absolute atomic E-state index is 5.73. The van der Waals surface area contributed by atoms with Crippen LogP contribution in [-0.2, 0) is 4.74 Å². The maximum Gasteiger partial charge on any atom is 0.0599 e. The van der Waals surface area contributed by atoms with Crippen LogP contribution in [0.25, 0.3) is 0 Å². The van der Waals surface area contributed by atoms with E-state index in [1.54, 1.807) is 0 Å².